The molecular weight excluding hydrogens is 831 g/mol. The fraction of sp³-hybridized carbons (Fsp3) is 0.911. The fourth-order valence-electron chi connectivity index (χ4n) is 9.08. The Morgan fingerprint density at radius 2 is 0.894 bits per heavy atom. The molecule has 1 amide bonds. The number of carbonyl (C=O) groups excluding carboxylic acids is 1. The van der Waals surface area contributed by atoms with Crippen LogP contribution in [-0.4, -0.2) is 98.7 Å². The Bertz CT molecular complexity index is 1110. The Labute approximate surface area is 405 Å². The summed E-state index contributed by atoms with van der Waals surface area (Å²) in [5.41, 5.74) is 0. The minimum absolute atomic E-state index is 0.254. The SMILES string of the molecule is CCCCCCCCCCC/C=C\C/C=C\CCCCCCCCCCCCCCCCC(O)C(=O)NC(COC1OC(CO)C(O)C(O)C1O)C(O)CCCCCCCCCCCCC. The van der Waals surface area contributed by atoms with E-state index in [4.69, 9.17) is 9.47 Å². The van der Waals surface area contributed by atoms with Gasteiger partial charge in [-0.1, -0.05) is 244 Å². The van der Waals surface area contributed by atoms with E-state index < -0.39 is 61.5 Å². The Hall–Kier alpha value is -1.37. The molecule has 0 aromatic heterocycles. The lowest BCUT2D eigenvalue weighted by atomic mass is 9.99. The van der Waals surface area contributed by atoms with E-state index in [0.29, 0.717) is 12.8 Å². The third kappa shape index (κ3) is 34.8. The Balaban J connectivity index is 2.16. The molecule has 0 spiro atoms. The molecule has 0 saturated carbocycles. The second-order valence-electron chi connectivity index (χ2n) is 19.9. The summed E-state index contributed by atoms with van der Waals surface area (Å²) in [6.07, 6.45) is 46.9. The average Bonchev–Trinajstić information content (AvgIpc) is 3.32. The molecule has 7 N–H and O–H groups in total. The second-order valence-corrected chi connectivity index (χ2v) is 19.9. The van der Waals surface area contributed by atoms with Gasteiger partial charge in [0.15, 0.2) is 6.29 Å². The molecule has 1 aliphatic rings. The van der Waals surface area contributed by atoms with E-state index in [1.54, 1.807) is 0 Å². The van der Waals surface area contributed by atoms with E-state index in [1.165, 1.54) is 180 Å². The Morgan fingerprint density at radius 1 is 0.515 bits per heavy atom. The smallest absolute Gasteiger partial charge is 0.249 e. The van der Waals surface area contributed by atoms with Crippen molar-refractivity contribution in [3.8, 4) is 0 Å². The van der Waals surface area contributed by atoms with Crippen molar-refractivity contribution in [2.45, 2.75) is 313 Å². The summed E-state index contributed by atoms with van der Waals surface area (Å²) in [4.78, 5) is 13.1. The number of allylic oxidation sites excluding steroid dienone is 4. The van der Waals surface area contributed by atoms with Crippen molar-refractivity contribution in [2.24, 2.45) is 0 Å². The first kappa shape index (κ1) is 62.6. The maximum absolute atomic E-state index is 13.1. The Morgan fingerprint density at radius 3 is 1.30 bits per heavy atom. The number of aliphatic hydroxyl groups excluding tert-OH is 6. The van der Waals surface area contributed by atoms with Crippen LogP contribution in [0, 0.1) is 0 Å². The highest BCUT2D eigenvalue weighted by molar-refractivity contribution is 5.80. The molecule has 8 unspecified atom stereocenters. The quantitative estimate of drug-likeness (QED) is 0.0232. The molecule has 0 aliphatic carbocycles. The van der Waals surface area contributed by atoms with Gasteiger partial charge in [-0.05, 0) is 44.9 Å². The van der Waals surface area contributed by atoms with Crippen molar-refractivity contribution in [2.75, 3.05) is 13.2 Å². The maximum atomic E-state index is 13.1. The first-order valence-electron chi connectivity index (χ1n) is 28.1. The number of hydrogen-bond donors (Lipinski definition) is 7. The normalized spacial score (nSPS) is 20.4. The van der Waals surface area contributed by atoms with Crippen LogP contribution in [0.1, 0.15) is 264 Å². The van der Waals surface area contributed by atoms with Crippen molar-refractivity contribution in [3.63, 3.8) is 0 Å². The maximum Gasteiger partial charge on any atom is 0.249 e. The molecule has 1 rings (SSSR count). The lowest BCUT2D eigenvalue weighted by Gasteiger charge is -2.40. The average molecular weight is 938 g/mol. The van der Waals surface area contributed by atoms with E-state index in [-0.39, 0.29) is 6.61 Å². The molecular formula is C56H107NO9. The highest BCUT2D eigenvalue weighted by Crippen LogP contribution is 2.23. The predicted octanol–water partition coefficient (Wildman–Crippen LogP) is 12.4. The van der Waals surface area contributed by atoms with E-state index in [0.717, 1.165) is 57.8 Å². The van der Waals surface area contributed by atoms with Crippen LogP contribution >= 0.6 is 0 Å². The summed E-state index contributed by atoms with van der Waals surface area (Å²) >= 11 is 0. The summed E-state index contributed by atoms with van der Waals surface area (Å²) in [6.45, 7) is 3.67. The molecule has 10 heteroatoms. The monoisotopic (exact) mass is 938 g/mol. The zero-order valence-electron chi connectivity index (χ0n) is 42.8. The summed E-state index contributed by atoms with van der Waals surface area (Å²) in [5.74, 6) is -0.583. The molecule has 66 heavy (non-hydrogen) atoms. The van der Waals surface area contributed by atoms with E-state index in [1.807, 2.05) is 0 Å². The third-order valence-electron chi connectivity index (χ3n) is 13.7. The van der Waals surface area contributed by atoms with Gasteiger partial charge in [0, 0.05) is 0 Å². The molecule has 390 valence electrons. The summed E-state index contributed by atoms with van der Waals surface area (Å²) < 4.78 is 11.2. The fourth-order valence-corrected chi connectivity index (χ4v) is 9.08. The van der Waals surface area contributed by atoms with Crippen molar-refractivity contribution in [3.05, 3.63) is 24.3 Å². The number of aliphatic hydroxyl groups is 6. The minimum Gasteiger partial charge on any atom is -0.394 e. The summed E-state index contributed by atoms with van der Waals surface area (Å²) in [7, 11) is 0. The zero-order valence-corrected chi connectivity index (χ0v) is 42.8. The molecule has 10 nitrogen and oxygen atoms in total. The van der Waals surface area contributed by atoms with Crippen LogP contribution in [0.3, 0.4) is 0 Å². The van der Waals surface area contributed by atoms with Gasteiger partial charge in [-0.2, -0.15) is 0 Å². The number of carbonyl (C=O) groups is 1. The molecule has 0 radical (unpaired) electrons. The van der Waals surface area contributed by atoms with Crippen LogP contribution in [0.15, 0.2) is 24.3 Å². The van der Waals surface area contributed by atoms with Crippen molar-refractivity contribution in [1.82, 2.24) is 5.32 Å². The van der Waals surface area contributed by atoms with Crippen LogP contribution in [0.4, 0.5) is 0 Å². The van der Waals surface area contributed by atoms with Gasteiger partial charge >= 0.3 is 0 Å². The van der Waals surface area contributed by atoms with Crippen LogP contribution in [0.5, 0.6) is 0 Å². The molecule has 0 aromatic rings. The molecule has 1 fully saturated rings. The molecule has 1 heterocycles. The number of ether oxygens (including phenoxy) is 2. The standard InChI is InChI=1S/C56H107NO9/c1-3-5-7-9-11-13-15-16-17-18-19-20-21-22-23-24-25-26-27-28-29-30-31-32-33-35-37-39-41-43-45-50(60)55(64)57-48(47-65-56-54(63)53(62)52(61)51(46-58)66-56)49(59)44-42-40-38-36-34-14-12-10-8-6-4-2/h19-20,22-23,48-54,56,58-63H,3-18,21,24-47H2,1-2H3,(H,57,64)/b20-19-,23-22-. The first-order chi connectivity index (χ1) is 32.3. The number of nitrogens with one attached hydrogen (secondary N) is 1. The second kappa shape index (κ2) is 46.0. The molecule has 0 aromatic carbocycles. The van der Waals surface area contributed by atoms with Gasteiger partial charge in [-0.15, -0.1) is 0 Å². The van der Waals surface area contributed by atoms with Gasteiger partial charge in [0.1, 0.15) is 30.5 Å². The highest BCUT2D eigenvalue weighted by Gasteiger charge is 2.44. The lowest BCUT2D eigenvalue weighted by Crippen LogP contribution is -2.60. The molecule has 8 atom stereocenters. The van der Waals surface area contributed by atoms with Gasteiger partial charge in [-0.3, -0.25) is 4.79 Å². The van der Waals surface area contributed by atoms with Crippen molar-refractivity contribution < 1.29 is 44.9 Å². The number of rotatable bonds is 48. The zero-order chi connectivity index (χ0) is 48.1. The largest absolute Gasteiger partial charge is 0.394 e. The van der Waals surface area contributed by atoms with Gasteiger partial charge in [0.05, 0.1) is 25.4 Å². The van der Waals surface area contributed by atoms with Gasteiger partial charge in [-0.25, -0.2) is 0 Å². The first-order valence-corrected chi connectivity index (χ1v) is 28.1. The van der Waals surface area contributed by atoms with Gasteiger partial charge in [0.25, 0.3) is 0 Å². The highest BCUT2D eigenvalue weighted by atomic mass is 16.7. The number of amides is 1. The van der Waals surface area contributed by atoms with Crippen LogP contribution in [-0.2, 0) is 14.3 Å². The minimum atomic E-state index is -1.60. The van der Waals surface area contributed by atoms with Gasteiger partial charge < -0.3 is 45.4 Å². The van der Waals surface area contributed by atoms with E-state index in [2.05, 4.69) is 43.5 Å². The van der Waals surface area contributed by atoms with Crippen LogP contribution < -0.4 is 5.32 Å². The van der Waals surface area contributed by atoms with Crippen molar-refractivity contribution >= 4 is 5.91 Å². The van der Waals surface area contributed by atoms with Crippen LogP contribution in [0.2, 0.25) is 0 Å². The van der Waals surface area contributed by atoms with Gasteiger partial charge in [0.2, 0.25) is 5.91 Å². The summed E-state index contributed by atoms with van der Waals surface area (Å²) in [6, 6.07) is -0.892. The predicted molar refractivity (Wildman–Crippen MR) is 273 cm³/mol. The summed E-state index contributed by atoms with van der Waals surface area (Å²) in [5, 5.41) is 65.0. The number of hydrogen-bond acceptors (Lipinski definition) is 9. The topological polar surface area (TPSA) is 169 Å². The molecule has 1 saturated heterocycles. The molecule has 0 bridgehead atoms. The van der Waals surface area contributed by atoms with E-state index in [9.17, 15) is 35.4 Å². The van der Waals surface area contributed by atoms with E-state index >= 15 is 0 Å². The van der Waals surface area contributed by atoms with Crippen molar-refractivity contribution in [1.29, 1.82) is 0 Å². The third-order valence-corrected chi connectivity index (χ3v) is 13.7. The number of unbranched alkanes of at least 4 members (excludes halogenated alkanes) is 33. The lowest BCUT2D eigenvalue weighted by molar-refractivity contribution is -0.302. The molecule has 1 aliphatic heterocycles. The van der Waals surface area contributed by atoms with Crippen LogP contribution in [0.25, 0.3) is 0 Å². The Kier molecular flexibility index (Phi) is 43.7.